The third-order valence-corrected chi connectivity index (χ3v) is 3.55. The second-order valence-electron chi connectivity index (χ2n) is 5.51. The van der Waals surface area contributed by atoms with Gasteiger partial charge in [0.1, 0.15) is 5.56 Å². The van der Waals surface area contributed by atoms with Crippen molar-refractivity contribution in [1.82, 2.24) is 14.8 Å². The second-order valence-corrected chi connectivity index (χ2v) is 5.51. The summed E-state index contributed by atoms with van der Waals surface area (Å²) in [7, 11) is 1.41. The molecule has 24 heavy (non-hydrogen) atoms. The smallest absolute Gasteiger partial charge is 0.422 e. The van der Waals surface area contributed by atoms with Gasteiger partial charge in [-0.05, 0) is 25.0 Å². The summed E-state index contributed by atoms with van der Waals surface area (Å²) in [6.07, 6.45) is -1.43. The molecule has 0 spiro atoms. The van der Waals surface area contributed by atoms with Crippen molar-refractivity contribution >= 4 is 11.8 Å². The molecule has 0 unspecified atom stereocenters. The zero-order valence-electron chi connectivity index (χ0n) is 13.2. The molecule has 0 atom stereocenters. The minimum Gasteiger partial charge on any atom is -0.467 e. The third kappa shape index (κ3) is 4.84. The van der Waals surface area contributed by atoms with Gasteiger partial charge in [0.2, 0.25) is 11.8 Å². The van der Waals surface area contributed by atoms with Crippen molar-refractivity contribution in [2.45, 2.75) is 19.0 Å². The monoisotopic (exact) mass is 345 g/mol. The number of carbonyl (C=O) groups excluding carboxylic acids is 2. The molecule has 6 nitrogen and oxygen atoms in total. The molecule has 2 heterocycles. The molecular formula is C15H18F3N3O3. The van der Waals surface area contributed by atoms with Gasteiger partial charge in [0.05, 0.1) is 6.54 Å². The maximum atomic E-state index is 12.4. The van der Waals surface area contributed by atoms with Gasteiger partial charge in [-0.15, -0.1) is 0 Å². The lowest BCUT2D eigenvalue weighted by Gasteiger charge is -2.22. The first-order chi connectivity index (χ1) is 11.3. The summed E-state index contributed by atoms with van der Waals surface area (Å²) in [5.74, 6) is -1.21. The average Bonchev–Trinajstić information content (AvgIpc) is 3.06. The second kappa shape index (κ2) is 7.50. The van der Waals surface area contributed by atoms with E-state index in [2.05, 4.69) is 9.72 Å². The van der Waals surface area contributed by atoms with Crippen LogP contribution in [0, 0.1) is 0 Å². The molecule has 0 saturated carbocycles. The molecule has 1 aliphatic heterocycles. The fourth-order valence-corrected chi connectivity index (χ4v) is 2.37. The average molecular weight is 345 g/mol. The predicted octanol–water partition coefficient (Wildman–Crippen LogP) is 1.72. The highest BCUT2D eigenvalue weighted by Gasteiger charge is 2.30. The Labute approximate surface area is 137 Å². The number of pyridine rings is 1. The lowest BCUT2D eigenvalue weighted by atomic mass is 10.2. The van der Waals surface area contributed by atoms with Gasteiger partial charge in [-0.25, -0.2) is 4.98 Å². The molecule has 2 rings (SSSR count). The first kappa shape index (κ1) is 18.0. The third-order valence-electron chi connectivity index (χ3n) is 3.55. The molecule has 132 valence electrons. The Kier molecular flexibility index (Phi) is 5.63. The van der Waals surface area contributed by atoms with Crippen LogP contribution in [0.3, 0.4) is 0 Å². The Balaban J connectivity index is 2.04. The van der Waals surface area contributed by atoms with Gasteiger partial charge in [-0.1, -0.05) is 0 Å². The van der Waals surface area contributed by atoms with E-state index in [1.807, 2.05) is 0 Å². The van der Waals surface area contributed by atoms with Crippen molar-refractivity contribution in [3.05, 3.63) is 23.9 Å². The maximum absolute atomic E-state index is 12.4. The first-order valence-electron chi connectivity index (χ1n) is 7.46. The van der Waals surface area contributed by atoms with Crippen LogP contribution in [-0.2, 0) is 4.79 Å². The van der Waals surface area contributed by atoms with E-state index in [-0.39, 0.29) is 18.0 Å². The zero-order chi connectivity index (χ0) is 17.7. The molecule has 1 aromatic rings. The van der Waals surface area contributed by atoms with Crippen molar-refractivity contribution in [2.24, 2.45) is 0 Å². The topological polar surface area (TPSA) is 62.7 Å². The van der Waals surface area contributed by atoms with Crippen LogP contribution >= 0.6 is 0 Å². The summed E-state index contributed by atoms with van der Waals surface area (Å²) in [6, 6.07) is 2.74. The Hall–Kier alpha value is -2.32. The van der Waals surface area contributed by atoms with Crippen LogP contribution in [0.25, 0.3) is 0 Å². The summed E-state index contributed by atoms with van der Waals surface area (Å²) in [5, 5.41) is 0. The number of aromatic nitrogens is 1. The Bertz CT molecular complexity index is 601. The molecule has 0 bridgehead atoms. The van der Waals surface area contributed by atoms with E-state index in [4.69, 9.17) is 0 Å². The minimum absolute atomic E-state index is 0.113. The van der Waals surface area contributed by atoms with Gasteiger partial charge >= 0.3 is 6.18 Å². The van der Waals surface area contributed by atoms with Crippen LogP contribution in [0.1, 0.15) is 23.2 Å². The fraction of sp³-hybridized carbons (Fsp3) is 0.533. The van der Waals surface area contributed by atoms with E-state index in [0.717, 1.165) is 17.7 Å². The SMILES string of the molecule is CN(CC(=O)N1CCCC1)C(=O)c1cccnc1OCC(F)(F)F. The molecule has 1 aromatic heterocycles. The number of rotatable bonds is 5. The van der Waals surface area contributed by atoms with Gasteiger partial charge in [-0.3, -0.25) is 9.59 Å². The number of hydrogen-bond donors (Lipinski definition) is 0. The van der Waals surface area contributed by atoms with Gasteiger partial charge < -0.3 is 14.5 Å². The predicted molar refractivity (Wildman–Crippen MR) is 78.6 cm³/mol. The van der Waals surface area contributed by atoms with Gasteiger partial charge in [0.25, 0.3) is 5.91 Å². The van der Waals surface area contributed by atoms with Gasteiger partial charge in [0, 0.05) is 26.3 Å². The molecule has 0 aliphatic carbocycles. The van der Waals surface area contributed by atoms with Crippen molar-refractivity contribution in [1.29, 1.82) is 0 Å². The van der Waals surface area contributed by atoms with Crippen LogP contribution in [0.15, 0.2) is 18.3 Å². The molecule has 0 radical (unpaired) electrons. The first-order valence-corrected chi connectivity index (χ1v) is 7.46. The number of carbonyl (C=O) groups is 2. The normalized spacial score (nSPS) is 14.6. The minimum atomic E-state index is -4.53. The highest BCUT2D eigenvalue weighted by molar-refractivity contribution is 5.98. The van der Waals surface area contributed by atoms with Crippen LogP contribution < -0.4 is 4.74 Å². The van der Waals surface area contributed by atoms with E-state index in [1.54, 1.807) is 4.90 Å². The van der Waals surface area contributed by atoms with Crippen LogP contribution in [0.2, 0.25) is 0 Å². The molecule has 1 fully saturated rings. The fourth-order valence-electron chi connectivity index (χ4n) is 2.37. The highest BCUT2D eigenvalue weighted by Crippen LogP contribution is 2.21. The number of likely N-dealkylation sites (tertiary alicyclic amines) is 1. The quantitative estimate of drug-likeness (QED) is 0.815. The van der Waals surface area contributed by atoms with Crippen molar-refractivity contribution < 1.29 is 27.5 Å². The Morgan fingerprint density at radius 1 is 1.33 bits per heavy atom. The molecule has 0 N–H and O–H groups in total. The highest BCUT2D eigenvalue weighted by atomic mass is 19.4. The van der Waals surface area contributed by atoms with Gasteiger partial charge in [-0.2, -0.15) is 13.2 Å². The van der Waals surface area contributed by atoms with Crippen LogP contribution in [-0.4, -0.2) is 66.1 Å². The molecular weight excluding hydrogens is 327 g/mol. The van der Waals surface area contributed by atoms with E-state index in [1.165, 1.54) is 25.4 Å². The summed E-state index contributed by atoms with van der Waals surface area (Å²) < 4.78 is 41.4. The number of nitrogens with zero attached hydrogens (tertiary/aromatic N) is 3. The Morgan fingerprint density at radius 2 is 2.00 bits per heavy atom. The summed E-state index contributed by atoms with van der Waals surface area (Å²) in [4.78, 5) is 31.0. The summed E-state index contributed by atoms with van der Waals surface area (Å²) in [5.41, 5.74) is -0.113. The van der Waals surface area contributed by atoms with Crippen LogP contribution in [0.5, 0.6) is 5.88 Å². The molecule has 0 aromatic carbocycles. The summed E-state index contributed by atoms with van der Waals surface area (Å²) in [6.45, 7) is -0.367. The summed E-state index contributed by atoms with van der Waals surface area (Å²) >= 11 is 0. The number of likely N-dealkylation sites (N-methyl/N-ethyl adjacent to an activating group) is 1. The van der Waals surface area contributed by atoms with E-state index in [9.17, 15) is 22.8 Å². The van der Waals surface area contributed by atoms with Crippen LogP contribution in [0.4, 0.5) is 13.2 Å². The van der Waals surface area contributed by atoms with E-state index < -0.39 is 24.6 Å². The molecule has 2 amide bonds. The number of amides is 2. The molecule has 1 aliphatic rings. The number of ether oxygens (including phenoxy) is 1. The largest absolute Gasteiger partial charge is 0.467 e. The lowest BCUT2D eigenvalue weighted by molar-refractivity contribution is -0.154. The number of halogens is 3. The standard InChI is InChI=1S/C15H18F3N3O3/c1-20(9-12(22)21-7-2-3-8-21)14(23)11-5-4-6-19-13(11)24-10-15(16,17)18/h4-6H,2-3,7-10H2,1H3. The molecule has 1 saturated heterocycles. The maximum Gasteiger partial charge on any atom is 0.422 e. The zero-order valence-corrected chi connectivity index (χ0v) is 13.2. The van der Waals surface area contributed by atoms with Crippen molar-refractivity contribution in [2.75, 3.05) is 33.3 Å². The number of alkyl halides is 3. The molecule has 9 heteroatoms. The van der Waals surface area contributed by atoms with Crippen molar-refractivity contribution in [3.63, 3.8) is 0 Å². The van der Waals surface area contributed by atoms with Gasteiger partial charge in [0.15, 0.2) is 6.61 Å². The Morgan fingerprint density at radius 3 is 2.62 bits per heavy atom. The lowest BCUT2D eigenvalue weighted by Crippen LogP contribution is -2.40. The number of hydrogen-bond acceptors (Lipinski definition) is 4. The van der Waals surface area contributed by atoms with Crippen molar-refractivity contribution in [3.8, 4) is 5.88 Å². The van der Waals surface area contributed by atoms with E-state index in [0.29, 0.717) is 13.1 Å². The van der Waals surface area contributed by atoms with E-state index >= 15 is 0 Å².